The summed E-state index contributed by atoms with van der Waals surface area (Å²) in [4.78, 5) is 24.6. The van der Waals surface area contributed by atoms with Gasteiger partial charge in [0, 0.05) is 17.3 Å². The predicted molar refractivity (Wildman–Crippen MR) is 122 cm³/mol. The maximum atomic E-state index is 12.4. The second-order valence-corrected chi connectivity index (χ2v) is 7.46. The fourth-order valence-corrected chi connectivity index (χ4v) is 3.62. The number of hydrogen-bond acceptors (Lipinski definition) is 5. The Balaban J connectivity index is 1.49. The van der Waals surface area contributed by atoms with E-state index < -0.39 is 0 Å². The second-order valence-electron chi connectivity index (χ2n) is 6.48. The molecule has 154 valence electrons. The van der Waals surface area contributed by atoms with Crippen LogP contribution in [0.2, 0.25) is 0 Å². The molecule has 0 fully saturated rings. The van der Waals surface area contributed by atoms with Gasteiger partial charge in [-0.05, 0) is 23.3 Å². The summed E-state index contributed by atoms with van der Waals surface area (Å²) in [5, 5.41) is 2.80. The van der Waals surface area contributed by atoms with Gasteiger partial charge in [0.2, 0.25) is 5.91 Å². The summed E-state index contributed by atoms with van der Waals surface area (Å²) < 4.78 is 10.4. The Hall–Kier alpha value is -3.25. The van der Waals surface area contributed by atoms with E-state index in [1.807, 2.05) is 54.6 Å². The summed E-state index contributed by atoms with van der Waals surface area (Å²) in [5.74, 6) is 1.37. The van der Waals surface area contributed by atoms with Crippen LogP contribution in [-0.4, -0.2) is 37.4 Å². The number of carbonyl (C=O) groups excluding carboxylic acids is 2. The van der Waals surface area contributed by atoms with Gasteiger partial charge in [0.1, 0.15) is 0 Å². The van der Waals surface area contributed by atoms with Crippen LogP contribution in [0, 0.1) is 0 Å². The monoisotopic (exact) mass is 421 g/mol. The van der Waals surface area contributed by atoms with Crippen molar-refractivity contribution in [3.8, 4) is 22.6 Å². The molecule has 0 spiro atoms. The number of methoxy groups -OCH3 is 2. The first-order valence-electron chi connectivity index (χ1n) is 9.39. The van der Waals surface area contributed by atoms with Crippen LogP contribution in [-0.2, 0) is 4.79 Å². The van der Waals surface area contributed by atoms with Crippen LogP contribution < -0.4 is 14.8 Å². The molecule has 3 rings (SSSR count). The highest BCUT2D eigenvalue weighted by atomic mass is 32.2. The van der Waals surface area contributed by atoms with Gasteiger partial charge in [-0.1, -0.05) is 54.6 Å². The van der Waals surface area contributed by atoms with Crippen LogP contribution in [0.1, 0.15) is 10.4 Å². The summed E-state index contributed by atoms with van der Waals surface area (Å²) >= 11 is 1.28. The molecule has 3 aromatic carbocycles. The van der Waals surface area contributed by atoms with Gasteiger partial charge in [0.15, 0.2) is 17.3 Å². The van der Waals surface area contributed by atoms with Gasteiger partial charge in [-0.25, -0.2) is 0 Å². The van der Waals surface area contributed by atoms with E-state index in [0.717, 1.165) is 11.1 Å². The normalized spacial score (nSPS) is 10.3. The van der Waals surface area contributed by atoms with Crippen molar-refractivity contribution >= 4 is 29.1 Å². The third-order valence-electron chi connectivity index (χ3n) is 4.45. The highest BCUT2D eigenvalue weighted by Gasteiger charge is 2.10. The summed E-state index contributed by atoms with van der Waals surface area (Å²) in [6.45, 7) is 0. The van der Waals surface area contributed by atoms with Crippen molar-refractivity contribution in [3.05, 3.63) is 78.4 Å². The largest absolute Gasteiger partial charge is 0.493 e. The predicted octanol–water partition coefficient (Wildman–Crippen LogP) is 4.93. The summed E-state index contributed by atoms with van der Waals surface area (Å²) in [5.41, 5.74) is 3.43. The highest BCUT2D eigenvalue weighted by Crippen LogP contribution is 2.29. The highest BCUT2D eigenvalue weighted by molar-refractivity contribution is 8.00. The van der Waals surface area contributed by atoms with Crippen LogP contribution >= 0.6 is 11.8 Å². The third kappa shape index (κ3) is 5.64. The molecule has 3 aromatic rings. The molecule has 0 aliphatic heterocycles. The van der Waals surface area contributed by atoms with Gasteiger partial charge >= 0.3 is 0 Å². The number of benzene rings is 3. The average molecular weight is 422 g/mol. The third-order valence-corrected chi connectivity index (χ3v) is 5.38. The molecule has 1 N–H and O–H groups in total. The molecule has 0 atom stereocenters. The summed E-state index contributed by atoms with van der Waals surface area (Å²) in [7, 11) is 3.09. The number of nitrogens with one attached hydrogen (secondary N) is 1. The van der Waals surface area contributed by atoms with Gasteiger partial charge in [-0.15, -0.1) is 11.8 Å². The number of hydrogen-bond donors (Lipinski definition) is 1. The van der Waals surface area contributed by atoms with Crippen molar-refractivity contribution in [2.24, 2.45) is 0 Å². The first kappa shape index (κ1) is 21.5. The molecule has 0 bridgehead atoms. The van der Waals surface area contributed by atoms with E-state index in [2.05, 4.69) is 5.32 Å². The van der Waals surface area contributed by atoms with E-state index >= 15 is 0 Å². The minimum Gasteiger partial charge on any atom is -0.493 e. The van der Waals surface area contributed by atoms with E-state index in [4.69, 9.17) is 9.47 Å². The molecule has 0 saturated heterocycles. The number of thioether (sulfide) groups is 1. The lowest BCUT2D eigenvalue weighted by Crippen LogP contribution is -2.15. The first-order chi connectivity index (χ1) is 14.6. The molecule has 0 aliphatic carbocycles. The second kappa shape index (κ2) is 10.5. The molecule has 30 heavy (non-hydrogen) atoms. The van der Waals surface area contributed by atoms with Gasteiger partial charge < -0.3 is 14.8 Å². The number of amides is 1. The molecule has 0 aliphatic rings. The van der Waals surface area contributed by atoms with Gasteiger partial charge in [0.05, 0.1) is 25.7 Å². The fraction of sp³-hybridized carbons (Fsp3) is 0.167. The van der Waals surface area contributed by atoms with Gasteiger partial charge in [-0.3, -0.25) is 9.59 Å². The van der Waals surface area contributed by atoms with Crippen molar-refractivity contribution in [2.45, 2.75) is 0 Å². The van der Waals surface area contributed by atoms with E-state index in [-0.39, 0.29) is 23.2 Å². The Labute approximate surface area is 180 Å². The number of Topliss-reactive ketones (excluding diaryl/α,β-unsaturated/α-hetero) is 1. The Morgan fingerprint density at radius 2 is 1.47 bits per heavy atom. The average Bonchev–Trinajstić information content (AvgIpc) is 2.79. The van der Waals surface area contributed by atoms with E-state index in [9.17, 15) is 9.59 Å². The Kier molecular flexibility index (Phi) is 7.51. The lowest BCUT2D eigenvalue weighted by Gasteiger charge is -2.10. The number of carbonyl (C=O) groups is 2. The molecule has 0 heterocycles. The minimum absolute atomic E-state index is 0.00136. The standard InChI is InChI=1S/C24H23NO4S/c1-28-22-13-12-20(14-23(22)29-2)25-24(27)16-30-15-21(26)19-10-8-18(9-11-19)17-6-4-3-5-7-17/h3-14H,15-16H2,1-2H3,(H,25,27). The number of anilines is 1. The zero-order chi connectivity index (χ0) is 21.3. The van der Waals surface area contributed by atoms with Crippen LogP contribution in [0.5, 0.6) is 11.5 Å². The molecule has 5 nitrogen and oxygen atoms in total. The lowest BCUT2D eigenvalue weighted by atomic mass is 10.0. The maximum absolute atomic E-state index is 12.4. The first-order valence-corrected chi connectivity index (χ1v) is 10.5. The summed E-state index contributed by atoms with van der Waals surface area (Å²) in [6, 6.07) is 22.7. The van der Waals surface area contributed by atoms with E-state index in [1.165, 1.54) is 18.9 Å². The minimum atomic E-state index is -0.181. The van der Waals surface area contributed by atoms with Crippen LogP contribution in [0.3, 0.4) is 0 Å². The Bertz CT molecular complexity index is 1000. The van der Waals surface area contributed by atoms with Crippen molar-refractivity contribution < 1.29 is 19.1 Å². The number of rotatable bonds is 9. The van der Waals surface area contributed by atoms with Gasteiger partial charge in [0.25, 0.3) is 0 Å². The molecular weight excluding hydrogens is 398 g/mol. The SMILES string of the molecule is COc1ccc(NC(=O)CSCC(=O)c2ccc(-c3ccccc3)cc2)cc1OC. The van der Waals surface area contributed by atoms with E-state index in [0.29, 0.717) is 22.7 Å². The molecule has 0 unspecified atom stereocenters. The number of ether oxygens (including phenoxy) is 2. The maximum Gasteiger partial charge on any atom is 0.234 e. The molecule has 0 radical (unpaired) electrons. The fourth-order valence-electron chi connectivity index (χ4n) is 2.91. The zero-order valence-electron chi connectivity index (χ0n) is 16.9. The molecular formula is C24H23NO4S. The topological polar surface area (TPSA) is 64.6 Å². The molecule has 6 heteroatoms. The van der Waals surface area contributed by atoms with Crippen LogP contribution in [0.4, 0.5) is 5.69 Å². The lowest BCUT2D eigenvalue weighted by molar-refractivity contribution is -0.113. The van der Waals surface area contributed by atoms with Crippen molar-refractivity contribution in [1.29, 1.82) is 0 Å². The van der Waals surface area contributed by atoms with Gasteiger partial charge in [-0.2, -0.15) is 0 Å². The zero-order valence-corrected chi connectivity index (χ0v) is 17.7. The molecule has 1 amide bonds. The number of ketones is 1. The van der Waals surface area contributed by atoms with Crippen LogP contribution in [0.15, 0.2) is 72.8 Å². The van der Waals surface area contributed by atoms with Crippen molar-refractivity contribution in [3.63, 3.8) is 0 Å². The quantitative estimate of drug-likeness (QED) is 0.497. The van der Waals surface area contributed by atoms with Crippen LogP contribution in [0.25, 0.3) is 11.1 Å². The summed E-state index contributed by atoms with van der Waals surface area (Å²) in [6.07, 6.45) is 0. The Morgan fingerprint density at radius 3 is 2.13 bits per heavy atom. The molecule has 0 saturated carbocycles. The van der Waals surface area contributed by atoms with Crippen molar-refractivity contribution in [2.75, 3.05) is 31.0 Å². The Morgan fingerprint density at radius 1 is 0.800 bits per heavy atom. The van der Waals surface area contributed by atoms with E-state index in [1.54, 1.807) is 25.3 Å². The molecule has 0 aromatic heterocycles. The van der Waals surface area contributed by atoms with Crippen molar-refractivity contribution in [1.82, 2.24) is 0 Å². The smallest absolute Gasteiger partial charge is 0.234 e.